The molecule has 1 aliphatic rings. The number of nitrogens with zero attached hydrogens (tertiary/aromatic N) is 2. The maximum Gasteiger partial charge on any atom is 0.278 e. The van der Waals surface area contributed by atoms with E-state index in [9.17, 15) is 10.1 Å². The van der Waals surface area contributed by atoms with Crippen LogP contribution < -0.4 is 5.32 Å². The molecule has 0 atom stereocenters. The molecule has 5 nitrogen and oxygen atoms in total. The number of hydrogen-bond donors (Lipinski definition) is 1. The molecule has 5 heteroatoms. The minimum absolute atomic E-state index is 0.107. The Kier molecular flexibility index (Phi) is 3.49. The van der Waals surface area contributed by atoms with Gasteiger partial charge in [-0.05, 0) is 30.4 Å². The normalized spacial score (nSPS) is 17.0. The Bertz CT molecular complexity index is 678. The first-order valence-electron chi connectivity index (χ1n) is 7.34. The van der Waals surface area contributed by atoms with Crippen LogP contribution in [0.1, 0.15) is 32.6 Å². The second-order valence-corrected chi connectivity index (χ2v) is 6.18. The van der Waals surface area contributed by atoms with Gasteiger partial charge in [0, 0.05) is 36.1 Å². The molecule has 2 aromatic rings. The van der Waals surface area contributed by atoms with E-state index in [4.69, 9.17) is 0 Å². The van der Waals surface area contributed by atoms with Gasteiger partial charge >= 0.3 is 0 Å². The summed E-state index contributed by atoms with van der Waals surface area (Å²) in [5, 5.41) is 16.0. The van der Waals surface area contributed by atoms with Crippen LogP contribution in [0, 0.1) is 15.5 Å². The van der Waals surface area contributed by atoms with E-state index in [0.717, 1.165) is 17.6 Å². The molecular weight excluding hydrogens is 266 g/mol. The average molecular weight is 285 g/mol. The zero-order valence-corrected chi connectivity index (χ0v) is 12.1. The summed E-state index contributed by atoms with van der Waals surface area (Å²) < 4.78 is 0. The van der Waals surface area contributed by atoms with Crippen molar-refractivity contribution in [3.8, 4) is 0 Å². The maximum atomic E-state index is 11.1. The predicted molar refractivity (Wildman–Crippen MR) is 83.5 cm³/mol. The van der Waals surface area contributed by atoms with Crippen molar-refractivity contribution in [2.75, 3.05) is 11.9 Å². The van der Waals surface area contributed by atoms with Crippen molar-refractivity contribution in [1.29, 1.82) is 0 Å². The lowest BCUT2D eigenvalue weighted by Gasteiger charge is -2.24. The van der Waals surface area contributed by atoms with E-state index in [0.29, 0.717) is 10.8 Å². The number of anilines is 1. The zero-order valence-electron chi connectivity index (χ0n) is 12.1. The zero-order chi connectivity index (χ0) is 14.9. The Balaban J connectivity index is 1.92. The molecule has 0 aliphatic heterocycles. The molecule has 1 aromatic heterocycles. The smallest absolute Gasteiger partial charge is 0.278 e. The largest absolute Gasteiger partial charge is 0.384 e. The number of benzene rings is 1. The van der Waals surface area contributed by atoms with E-state index in [-0.39, 0.29) is 10.6 Å². The number of non-ortho nitro benzene ring substituents is 1. The number of aromatic nitrogens is 1. The van der Waals surface area contributed by atoms with Gasteiger partial charge in [0.15, 0.2) is 0 Å². The van der Waals surface area contributed by atoms with Crippen molar-refractivity contribution in [3.63, 3.8) is 0 Å². The summed E-state index contributed by atoms with van der Waals surface area (Å²) in [7, 11) is 0. The summed E-state index contributed by atoms with van der Waals surface area (Å²) in [6.07, 6.45) is 8.32. The molecule has 1 heterocycles. The highest BCUT2D eigenvalue weighted by atomic mass is 16.6. The van der Waals surface area contributed by atoms with Crippen LogP contribution in [0.5, 0.6) is 0 Å². The van der Waals surface area contributed by atoms with Gasteiger partial charge < -0.3 is 5.32 Å². The number of hydrogen-bond acceptors (Lipinski definition) is 4. The topological polar surface area (TPSA) is 68.1 Å². The summed E-state index contributed by atoms with van der Waals surface area (Å²) in [5.74, 6) is 0. The standard InChI is InChI=1S/C16H19N3O2/c1-16(7-2-3-8-16)11-18-14-4-5-15(19(20)21)13-10-17-9-6-12(13)14/h4-6,9-10,18H,2-3,7-8,11H2,1H3. The SMILES string of the molecule is CC1(CNc2ccc([N+](=O)[O-])c3cnccc23)CCCC1. The second-order valence-electron chi connectivity index (χ2n) is 6.18. The number of nitrogens with one attached hydrogen (secondary N) is 1. The highest BCUT2D eigenvalue weighted by Crippen LogP contribution is 2.38. The first-order valence-corrected chi connectivity index (χ1v) is 7.34. The molecule has 0 bridgehead atoms. The molecule has 0 saturated heterocycles. The van der Waals surface area contributed by atoms with Gasteiger partial charge in [0.25, 0.3) is 5.69 Å². The second kappa shape index (κ2) is 5.31. The highest BCUT2D eigenvalue weighted by Gasteiger charge is 2.28. The van der Waals surface area contributed by atoms with Gasteiger partial charge in [0.05, 0.1) is 10.3 Å². The van der Waals surface area contributed by atoms with Gasteiger partial charge in [-0.3, -0.25) is 15.1 Å². The van der Waals surface area contributed by atoms with Crippen molar-refractivity contribution in [2.24, 2.45) is 5.41 Å². The monoisotopic (exact) mass is 285 g/mol. The fraction of sp³-hybridized carbons (Fsp3) is 0.438. The molecule has 0 radical (unpaired) electrons. The van der Waals surface area contributed by atoms with Gasteiger partial charge in [-0.1, -0.05) is 19.8 Å². The van der Waals surface area contributed by atoms with Crippen LogP contribution in [-0.4, -0.2) is 16.5 Å². The van der Waals surface area contributed by atoms with E-state index in [1.54, 1.807) is 24.5 Å². The fourth-order valence-electron chi connectivity index (χ4n) is 3.20. The Morgan fingerprint density at radius 3 is 2.76 bits per heavy atom. The molecule has 110 valence electrons. The third-order valence-corrected chi connectivity index (χ3v) is 4.51. The fourth-order valence-corrected chi connectivity index (χ4v) is 3.20. The quantitative estimate of drug-likeness (QED) is 0.677. The molecule has 1 fully saturated rings. The van der Waals surface area contributed by atoms with Gasteiger partial charge in [-0.2, -0.15) is 0 Å². The molecule has 0 unspecified atom stereocenters. The Labute approximate surface area is 123 Å². The lowest BCUT2D eigenvalue weighted by atomic mass is 9.89. The number of pyridine rings is 1. The van der Waals surface area contributed by atoms with Gasteiger partial charge in [0.2, 0.25) is 0 Å². The maximum absolute atomic E-state index is 11.1. The van der Waals surface area contributed by atoms with E-state index < -0.39 is 0 Å². The number of nitro benzene ring substituents is 1. The molecule has 1 aromatic carbocycles. The van der Waals surface area contributed by atoms with Crippen LogP contribution in [0.4, 0.5) is 11.4 Å². The highest BCUT2D eigenvalue weighted by molar-refractivity contribution is 5.99. The third-order valence-electron chi connectivity index (χ3n) is 4.51. The van der Waals surface area contributed by atoms with Crippen LogP contribution in [0.15, 0.2) is 30.6 Å². The van der Waals surface area contributed by atoms with E-state index >= 15 is 0 Å². The van der Waals surface area contributed by atoms with E-state index in [1.165, 1.54) is 25.7 Å². The summed E-state index contributed by atoms with van der Waals surface area (Å²) in [4.78, 5) is 14.8. The Hall–Kier alpha value is -2.17. The number of rotatable bonds is 4. The lowest BCUT2D eigenvalue weighted by Crippen LogP contribution is -2.23. The minimum atomic E-state index is -0.355. The van der Waals surface area contributed by atoms with Gasteiger partial charge in [0.1, 0.15) is 0 Å². The summed E-state index contributed by atoms with van der Waals surface area (Å²) >= 11 is 0. The van der Waals surface area contributed by atoms with Crippen molar-refractivity contribution >= 4 is 22.1 Å². The Morgan fingerprint density at radius 2 is 2.05 bits per heavy atom. The minimum Gasteiger partial charge on any atom is -0.384 e. The van der Waals surface area contributed by atoms with Crippen LogP contribution in [0.25, 0.3) is 10.8 Å². The van der Waals surface area contributed by atoms with Gasteiger partial charge in [-0.15, -0.1) is 0 Å². The average Bonchev–Trinajstić information content (AvgIpc) is 2.91. The molecule has 1 N–H and O–H groups in total. The van der Waals surface area contributed by atoms with E-state index in [1.807, 2.05) is 6.07 Å². The predicted octanol–water partition coefficient (Wildman–Crippen LogP) is 4.14. The van der Waals surface area contributed by atoms with E-state index in [2.05, 4.69) is 17.2 Å². The van der Waals surface area contributed by atoms with Crippen molar-refractivity contribution in [3.05, 3.63) is 40.7 Å². The van der Waals surface area contributed by atoms with Crippen molar-refractivity contribution in [2.45, 2.75) is 32.6 Å². The summed E-state index contributed by atoms with van der Waals surface area (Å²) in [6.45, 7) is 3.21. The molecule has 0 spiro atoms. The summed E-state index contributed by atoms with van der Waals surface area (Å²) in [5.41, 5.74) is 1.39. The molecule has 1 aliphatic carbocycles. The first kappa shape index (κ1) is 13.8. The molecule has 21 heavy (non-hydrogen) atoms. The molecule has 0 amide bonds. The van der Waals surface area contributed by atoms with Crippen LogP contribution in [0.3, 0.4) is 0 Å². The lowest BCUT2D eigenvalue weighted by molar-refractivity contribution is -0.383. The first-order chi connectivity index (χ1) is 10.1. The molecular formula is C16H19N3O2. The third kappa shape index (κ3) is 2.68. The van der Waals surface area contributed by atoms with Gasteiger partial charge in [-0.25, -0.2) is 0 Å². The van der Waals surface area contributed by atoms with Crippen LogP contribution in [-0.2, 0) is 0 Å². The van der Waals surface area contributed by atoms with Crippen LogP contribution in [0.2, 0.25) is 0 Å². The van der Waals surface area contributed by atoms with Crippen molar-refractivity contribution in [1.82, 2.24) is 4.98 Å². The number of nitro groups is 1. The summed E-state index contributed by atoms with van der Waals surface area (Å²) in [6, 6.07) is 5.20. The molecule has 3 rings (SSSR count). The Morgan fingerprint density at radius 1 is 1.29 bits per heavy atom. The number of fused-ring (bicyclic) bond motifs is 1. The van der Waals surface area contributed by atoms with Crippen molar-refractivity contribution < 1.29 is 4.92 Å². The van der Waals surface area contributed by atoms with Crippen LogP contribution >= 0.6 is 0 Å². The molecule has 1 saturated carbocycles.